The number of benzene rings is 3. The third-order valence-corrected chi connectivity index (χ3v) is 6.57. The number of sulfonamides is 1. The molecule has 0 radical (unpaired) electrons. The molecule has 0 saturated carbocycles. The molecule has 1 aliphatic heterocycles. The van der Waals surface area contributed by atoms with Gasteiger partial charge in [-0.2, -0.15) is 4.31 Å². The molecule has 0 fully saturated rings. The predicted octanol–water partition coefficient (Wildman–Crippen LogP) is 4.28. The molecule has 0 spiro atoms. The van der Waals surface area contributed by atoms with Crippen LogP contribution in [0.3, 0.4) is 0 Å². The van der Waals surface area contributed by atoms with Gasteiger partial charge in [-0.1, -0.05) is 36.4 Å². The first-order valence-corrected chi connectivity index (χ1v) is 11.9. The third kappa shape index (κ3) is 4.78. The average Bonchev–Trinajstić information content (AvgIpc) is 2.75. The van der Waals surface area contributed by atoms with Gasteiger partial charge in [-0.05, 0) is 60.4 Å². The number of hydrogen-bond acceptors (Lipinski definition) is 5. The zero-order chi connectivity index (χ0) is 22.0. The standard InChI is InChI=1S/C24H24N2O4S/c1-17-11-12-22(23(15-17)30-24(27)18-7-4-3-5-8-18)25-21-10-6-9-19-16-26(31(2,28)29)14-13-20(19)21/h3-12,15,25H,13-14,16H2,1-2H3. The second-order valence-corrected chi connectivity index (χ2v) is 9.65. The maximum atomic E-state index is 12.6. The van der Waals surface area contributed by atoms with E-state index in [1.165, 1.54) is 10.6 Å². The van der Waals surface area contributed by atoms with Crippen molar-refractivity contribution in [2.45, 2.75) is 19.9 Å². The molecule has 160 valence electrons. The second kappa shape index (κ2) is 8.53. The van der Waals surface area contributed by atoms with Crippen LogP contribution in [0.1, 0.15) is 27.0 Å². The number of nitrogens with one attached hydrogen (secondary N) is 1. The van der Waals surface area contributed by atoms with Crippen LogP contribution < -0.4 is 10.1 Å². The van der Waals surface area contributed by atoms with E-state index in [9.17, 15) is 13.2 Å². The van der Waals surface area contributed by atoms with Gasteiger partial charge in [0.1, 0.15) is 0 Å². The number of carbonyl (C=O) groups is 1. The molecule has 0 unspecified atom stereocenters. The molecule has 3 aromatic rings. The average molecular weight is 437 g/mol. The summed E-state index contributed by atoms with van der Waals surface area (Å²) in [5.41, 5.74) is 5.05. The van der Waals surface area contributed by atoms with Crippen molar-refractivity contribution < 1.29 is 17.9 Å². The molecule has 0 saturated heterocycles. The zero-order valence-corrected chi connectivity index (χ0v) is 18.3. The van der Waals surface area contributed by atoms with Gasteiger partial charge in [0, 0.05) is 18.8 Å². The lowest BCUT2D eigenvalue weighted by Crippen LogP contribution is -2.35. The van der Waals surface area contributed by atoms with Crippen molar-refractivity contribution in [3.8, 4) is 5.75 Å². The Kier molecular flexibility index (Phi) is 5.80. The number of aryl methyl sites for hydroxylation is 1. The van der Waals surface area contributed by atoms with Gasteiger partial charge in [-0.3, -0.25) is 0 Å². The van der Waals surface area contributed by atoms with Crippen LogP contribution in [0.25, 0.3) is 0 Å². The van der Waals surface area contributed by atoms with Crippen LogP contribution in [-0.4, -0.2) is 31.5 Å². The first-order chi connectivity index (χ1) is 14.8. The molecule has 1 heterocycles. The molecule has 3 aromatic carbocycles. The lowest BCUT2D eigenvalue weighted by atomic mass is 9.99. The molecule has 7 heteroatoms. The van der Waals surface area contributed by atoms with Crippen LogP contribution in [0.5, 0.6) is 5.75 Å². The van der Waals surface area contributed by atoms with Gasteiger partial charge >= 0.3 is 5.97 Å². The summed E-state index contributed by atoms with van der Waals surface area (Å²) in [5, 5.41) is 3.39. The topological polar surface area (TPSA) is 75.7 Å². The molecule has 1 N–H and O–H groups in total. The lowest BCUT2D eigenvalue weighted by molar-refractivity contribution is 0.0735. The van der Waals surface area contributed by atoms with Gasteiger partial charge in [0.2, 0.25) is 10.0 Å². The van der Waals surface area contributed by atoms with Crippen molar-refractivity contribution >= 4 is 27.4 Å². The number of rotatable bonds is 5. The van der Waals surface area contributed by atoms with Gasteiger partial charge in [-0.15, -0.1) is 0 Å². The van der Waals surface area contributed by atoms with E-state index in [0.29, 0.717) is 36.5 Å². The largest absolute Gasteiger partial charge is 0.421 e. The molecular formula is C24H24N2O4S. The highest BCUT2D eigenvalue weighted by Crippen LogP contribution is 2.34. The number of esters is 1. The van der Waals surface area contributed by atoms with Crippen LogP contribution in [0.4, 0.5) is 11.4 Å². The summed E-state index contributed by atoms with van der Waals surface area (Å²) in [5.74, 6) is 0.0214. The molecule has 4 rings (SSSR count). The summed E-state index contributed by atoms with van der Waals surface area (Å²) in [6.07, 6.45) is 1.84. The van der Waals surface area contributed by atoms with E-state index >= 15 is 0 Å². The minimum absolute atomic E-state index is 0.355. The maximum absolute atomic E-state index is 12.6. The molecular weight excluding hydrogens is 412 g/mol. The molecule has 0 atom stereocenters. The first kappa shape index (κ1) is 21.1. The van der Waals surface area contributed by atoms with Crippen molar-refractivity contribution in [3.63, 3.8) is 0 Å². The Morgan fingerprint density at radius 2 is 1.77 bits per heavy atom. The highest BCUT2D eigenvalue weighted by molar-refractivity contribution is 7.88. The normalized spacial score (nSPS) is 14.0. The fourth-order valence-corrected chi connectivity index (χ4v) is 4.48. The number of ether oxygens (including phenoxy) is 1. The molecule has 6 nitrogen and oxygen atoms in total. The van der Waals surface area contributed by atoms with E-state index in [1.807, 2.05) is 49.4 Å². The fraction of sp³-hybridized carbons (Fsp3) is 0.208. The van der Waals surface area contributed by atoms with Crippen molar-refractivity contribution in [2.75, 3.05) is 18.1 Å². The Bertz CT molecular complexity index is 1220. The molecule has 31 heavy (non-hydrogen) atoms. The Balaban J connectivity index is 1.62. The van der Waals surface area contributed by atoms with Crippen molar-refractivity contribution in [2.24, 2.45) is 0 Å². The van der Waals surface area contributed by atoms with Gasteiger partial charge in [-0.25, -0.2) is 13.2 Å². The first-order valence-electron chi connectivity index (χ1n) is 10.0. The van der Waals surface area contributed by atoms with Crippen molar-refractivity contribution in [1.82, 2.24) is 4.31 Å². The van der Waals surface area contributed by atoms with Crippen LogP contribution in [-0.2, 0) is 23.0 Å². The summed E-state index contributed by atoms with van der Waals surface area (Å²) >= 11 is 0. The second-order valence-electron chi connectivity index (χ2n) is 7.67. The Morgan fingerprint density at radius 3 is 2.52 bits per heavy atom. The van der Waals surface area contributed by atoms with E-state index in [1.54, 1.807) is 24.3 Å². The Hall–Kier alpha value is -3.16. The number of carbonyl (C=O) groups excluding carboxylic acids is 1. The van der Waals surface area contributed by atoms with Crippen LogP contribution in [0.2, 0.25) is 0 Å². The Labute approximate surface area is 182 Å². The molecule has 0 bridgehead atoms. The molecule has 0 amide bonds. The van der Waals surface area contributed by atoms with Crippen LogP contribution >= 0.6 is 0 Å². The SMILES string of the molecule is Cc1ccc(Nc2cccc3c2CCN(S(C)(=O)=O)C3)c(OC(=O)c2ccccc2)c1. The lowest BCUT2D eigenvalue weighted by Gasteiger charge is -2.28. The quantitative estimate of drug-likeness (QED) is 0.477. The van der Waals surface area contributed by atoms with Gasteiger partial charge in [0.15, 0.2) is 5.75 Å². The van der Waals surface area contributed by atoms with Crippen molar-refractivity contribution in [1.29, 1.82) is 0 Å². The van der Waals surface area contributed by atoms with E-state index in [0.717, 1.165) is 22.4 Å². The maximum Gasteiger partial charge on any atom is 0.343 e. The minimum Gasteiger partial charge on any atom is -0.421 e. The number of anilines is 2. The summed E-state index contributed by atoms with van der Waals surface area (Å²) in [6, 6.07) is 20.3. The summed E-state index contributed by atoms with van der Waals surface area (Å²) in [6.45, 7) is 2.73. The predicted molar refractivity (Wildman–Crippen MR) is 121 cm³/mol. The third-order valence-electron chi connectivity index (χ3n) is 5.32. The van der Waals surface area contributed by atoms with E-state index in [2.05, 4.69) is 5.32 Å². The molecule has 1 aliphatic rings. The highest BCUT2D eigenvalue weighted by Gasteiger charge is 2.25. The van der Waals surface area contributed by atoms with Crippen LogP contribution in [0, 0.1) is 6.92 Å². The van der Waals surface area contributed by atoms with E-state index in [4.69, 9.17) is 4.74 Å². The molecule has 0 aliphatic carbocycles. The minimum atomic E-state index is -3.24. The highest BCUT2D eigenvalue weighted by atomic mass is 32.2. The van der Waals surface area contributed by atoms with E-state index in [-0.39, 0.29) is 0 Å². The summed E-state index contributed by atoms with van der Waals surface area (Å²) in [4.78, 5) is 12.6. The van der Waals surface area contributed by atoms with Crippen LogP contribution in [0.15, 0.2) is 66.7 Å². The number of nitrogens with zero attached hydrogens (tertiary/aromatic N) is 1. The number of hydrogen-bond donors (Lipinski definition) is 1. The zero-order valence-electron chi connectivity index (χ0n) is 17.5. The molecule has 0 aromatic heterocycles. The van der Waals surface area contributed by atoms with E-state index < -0.39 is 16.0 Å². The Morgan fingerprint density at radius 1 is 1.00 bits per heavy atom. The van der Waals surface area contributed by atoms with Crippen molar-refractivity contribution in [3.05, 3.63) is 89.0 Å². The number of fused-ring (bicyclic) bond motifs is 1. The summed E-state index contributed by atoms with van der Waals surface area (Å²) in [7, 11) is -3.24. The smallest absolute Gasteiger partial charge is 0.343 e. The van der Waals surface area contributed by atoms with Gasteiger partial charge in [0.05, 0.1) is 17.5 Å². The van der Waals surface area contributed by atoms with Gasteiger partial charge in [0.25, 0.3) is 0 Å². The fourth-order valence-electron chi connectivity index (χ4n) is 3.68. The monoisotopic (exact) mass is 436 g/mol. The van der Waals surface area contributed by atoms with Gasteiger partial charge < -0.3 is 10.1 Å². The summed E-state index contributed by atoms with van der Waals surface area (Å²) < 4.78 is 31.0.